The summed E-state index contributed by atoms with van der Waals surface area (Å²) >= 11 is 0. The topological polar surface area (TPSA) is 88.4 Å². The molecule has 0 fully saturated rings. The molecule has 0 radical (unpaired) electrons. The number of amides is 2. The monoisotopic (exact) mass is 363 g/mol. The molecule has 3 rings (SSSR count). The van der Waals surface area contributed by atoms with E-state index in [0.717, 1.165) is 18.2 Å². The number of fused-ring (bicyclic) bond motifs is 1. The van der Waals surface area contributed by atoms with Gasteiger partial charge in [-0.1, -0.05) is 6.07 Å². The van der Waals surface area contributed by atoms with Crippen LogP contribution < -0.4 is 10.6 Å². The van der Waals surface area contributed by atoms with E-state index in [9.17, 15) is 22.8 Å². The fourth-order valence-electron chi connectivity index (χ4n) is 2.29. The molecule has 0 aromatic carbocycles. The number of nitrogens with one attached hydrogen (secondary N) is 2. The second-order valence-electron chi connectivity index (χ2n) is 5.24. The smallest absolute Gasteiger partial charge is 0.355 e. The molecule has 0 bridgehead atoms. The van der Waals surface area contributed by atoms with E-state index in [2.05, 4.69) is 20.7 Å². The van der Waals surface area contributed by atoms with E-state index in [0.29, 0.717) is 5.52 Å². The lowest BCUT2D eigenvalue weighted by atomic mass is 10.2. The number of nitrogens with zero attached hydrogens (tertiary/aromatic N) is 3. The van der Waals surface area contributed by atoms with Crippen LogP contribution in [0.4, 0.5) is 18.9 Å². The quantitative estimate of drug-likeness (QED) is 0.748. The van der Waals surface area contributed by atoms with Crippen LogP contribution in [0.15, 0.2) is 42.7 Å². The third-order valence-corrected chi connectivity index (χ3v) is 3.53. The zero-order valence-electron chi connectivity index (χ0n) is 13.3. The maximum Gasteiger partial charge on any atom is 0.433 e. The number of rotatable bonds is 3. The Bertz CT molecular complexity index is 997. The minimum atomic E-state index is -4.67. The molecule has 0 spiro atoms. The van der Waals surface area contributed by atoms with E-state index < -0.39 is 29.4 Å². The predicted molar refractivity (Wildman–Crippen MR) is 85.8 cm³/mol. The van der Waals surface area contributed by atoms with Crippen molar-refractivity contribution < 1.29 is 22.8 Å². The number of carbonyl (C=O) groups excluding carboxylic acids is 2. The number of halogens is 3. The number of hydrogen-bond donors (Lipinski definition) is 2. The van der Waals surface area contributed by atoms with Gasteiger partial charge in [0.1, 0.15) is 11.4 Å². The summed E-state index contributed by atoms with van der Waals surface area (Å²) in [4.78, 5) is 27.7. The fourth-order valence-corrected chi connectivity index (χ4v) is 2.29. The number of hydrogen-bond acceptors (Lipinski definition) is 4. The third kappa shape index (κ3) is 3.34. The first-order valence-corrected chi connectivity index (χ1v) is 7.34. The number of alkyl halides is 3. The van der Waals surface area contributed by atoms with Gasteiger partial charge in [-0.2, -0.15) is 18.3 Å². The van der Waals surface area contributed by atoms with Gasteiger partial charge in [0.25, 0.3) is 11.8 Å². The Labute approximate surface area is 144 Å². The first kappa shape index (κ1) is 17.4. The number of aromatic nitrogens is 3. The molecule has 2 amide bonds. The summed E-state index contributed by atoms with van der Waals surface area (Å²) in [6.07, 6.45) is -1.76. The Kier molecular flexibility index (Phi) is 4.33. The molecule has 7 nitrogen and oxygen atoms in total. The highest BCUT2D eigenvalue weighted by molar-refractivity contribution is 6.08. The molecule has 3 aromatic heterocycles. The van der Waals surface area contributed by atoms with Crippen molar-refractivity contribution in [2.75, 3.05) is 12.4 Å². The van der Waals surface area contributed by atoms with Crippen LogP contribution in [0.2, 0.25) is 0 Å². The van der Waals surface area contributed by atoms with Crippen LogP contribution in [0.25, 0.3) is 5.52 Å². The summed E-state index contributed by atoms with van der Waals surface area (Å²) in [6, 6.07) is 6.14. The SMILES string of the molecule is CNC(=O)c1cn2nccc2cc1NC(=O)c1cccc(C(F)(F)F)n1. The summed E-state index contributed by atoms with van der Waals surface area (Å²) in [5.74, 6) is -1.36. The van der Waals surface area contributed by atoms with Crippen molar-refractivity contribution in [3.05, 3.63) is 59.7 Å². The zero-order chi connectivity index (χ0) is 18.9. The molecule has 2 N–H and O–H groups in total. The summed E-state index contributed by atoms with van der Waals surface area (Å²) in [7, 11) is 1.41. The van der Waals surface area contributed by atoms with Gasteiger partial charge < -0.3 is 10.6 Å². The molecule has 3 heterocycles. The molecule has 0 aliphatic carbocycles. The highest BCUT2D eigenvalue weighted by Crippen LogP contribution is 2.27. The van der Waals surface area contributed by atoms with Crippen molar-refractivity contribution >= 4 is 23.0 Å². The van der Waals surface area contributed by atoms with E-state index >= 15 is 0 Å². The molecule has 0 atom stereocenters. The van der Waals surface area contributed by atoms with Crippen molar-refractivity contribution in [1.82, 2.24) is 19.9 Å². The highest BCUT2D eigenvalue weighted by Gasteiger charge is 2.33. The van der Waals surface area contributed by atoms with Gasteiger partial charge in [0.15, 0.2) is 0 Å². The van der Waals surface area contributed by atoms with Crippen LogP contribution in [0.5, 0.6) is 0 Å². The van der Waals surface area contributed by atoms with Gasteiger partial charge in [-0.15, -0.1) is 0 Å². The molecule has 0 saturated carbocycles. The molecule has 0 saturated heterocycles. The fraction of sp³-hybridized carbons (Fsp3) is 0.125. The second-order valence-corrected chi connectivity index (χ2v) is 5.24. The van der Waals surface area contributed by atoms with Crippen LogP contribution in [0, 0.1) is 0 Å². The van der Waals surface area contributed by atoms with Gasteiger partial charge in [-0.05, 0) is 24.3 Å². The van der Waals surface area contributed by atoms with Gasteiger partial charge in [0.2, 0.25) is 0 Å². The maximum atomic E-state index is 12.8. The molecule has 0 aliphatic heterocycles. The first-order chi connectivity index (χ1) is 12.3. The average Bonchev–Trinajstić information content (AvgIpc) is 3.07. The first-order valence-electron chi connectivity index (χ1n) is 7.34. The number of pyridine rings is 2. The Balaban J connectivity index is 1.98. The molecule has 134 valence electrons. The van der Waals surface area contributed by atoms with E-state index in [1.54, 1.807) is 6.07 Å². The molecule has 26 heavy (non-hydrogen) atoms. The number of anilines is 1. The Morgan fingerprint density at radius 1 is 1.15 bits per heavy atom. The lowest BCUT2D eigenvalue weighted by Crippen LogP contribution is -2.23. The lowest BCUT2D eigenvalue weighted by molar-refractivity contribution is -0.141. The summed E-state index contributed by atoms with van der Waals surface area (Å²) in [5.41, 5.74) is -0.783. The predicted octanol–water partition coefficient (Wildman–Crippen LogP) is 2.36. The number of carbonyl (C=O) groups is 2. The van der Waals surface area contributed by atoms with Crippen molar-refractivity contribution in [2.24, 2.45) is 0 Å². The molecule has 3 aromatic rings. The van der Waals surface area contributed by atoms with Gasteiger partial charge >= 0.3 is 6.18 Å². The summed E-state index contributed by atoms with van der Waals surface area (Å²) in [5, 5.41) is 8.86. The molecular formula is C16H12F3N5O2. The zero-order valence-corrected chi connectivity index (χ0v) is 13.3. The highest BCUT2D eigenvalue weighted by atomic mass is 19.4. The van der Waals surface area contributed by atoms with Crippen LogP contribution in [0.3, 0.4) is 0 Å². The van der Waals surface area contributed by atoms with E-state index in [1.165, 1.54) is 30.0 Å². The van der Waals surface area contributed by atoms with Crippen LogP contribution in [0.1, 0.15) is 26.5 Å². The van der Waals surface area contributed by atoms with Gasteiger partial charge in [0, 0.05) is 19.4 Å². The third-order valence-electron chi connectivity index (χ3n) is 3.53. The van der Waals surface area contributed by atoms with Crippen LogP contribution in [-0.4, -0.2) is 33.5 Å². The molecule has 0 aliphatic rings. The Morgan fingerprint density at radius 2 is 1.92 bits per heavy atom. The van der Waals surface area contributed by atoms with Crippen molar-refractivity contribution in [1.29, 1.82) is 0 Å². The van der Waals surface area contributed by atoms with Gasteiger partial charge in [-0.3, -0.25) is 9.59 Å². The van der Waals surface area contributed by atoms with E-state index in [4.69, 9.17) is 0 Å². The summed E-state index contributed by atoms with van der Waals surface area (Å²) in [6.45, 7) is 0. The minimum absolute atomic E-state index is 0.101. The van der Waals surface area contributed by atoms with E-state index in [-0.39, 0.29) is 11.3 Å². The minimum Gasteiger partial charge on any atom is -0.355 e. The maximum absolute atomic E-state index is 12.8. The van der Waals surface area contributed by atoms with Crippen LogP contribution >= 0.6 is 0 Å². The van der Waals surface area contributed by atoms with Crippen molar-refractivity contribution in [2.45, 2.75) is 6.18 Å². The lowest BCUT2D eigenvalue weighted by Gasteiger charge is -2.12. The normalized spacial score (nSPS) is 11.4. The second kappa shape index (κ2) is 6.47. The molecular weight excluding hydrogens is 351 g/mol. The van der Waals surface area contributed by atoms with Crippen LogP contribution in [-0.2, 0) is 6.18 Å². The summed E-state index contributed by atoms with van der Waals surface area (Å²) < 4.78 is 39.7. The van der Waals surface area contributed by atoms with Crippen molar-refractivity contribution in [3.63, 3.8) is 0 Å². The van der Waals surface area contributed by atoms with Gasteiger partial charge in [-0.25, -0.2) is 9.50 Å². The standard InChI is InChI=1S/C16H12F3N5O2/c1-20-14(25)10-8-24-9(5-6-21-24)7-12(10)23-15(26)11-3-2-4-13(22-11)16(17,18)19/h2-8H,1H3,(H,20,25)(H,23,26). The Morgan fingerprint density at radius 3 is 2.62 bits per heavy atom. The Hall–Kier alpha value is -3.43. The van der Waals surface area contributed by atoms with E-state index in [1.807, 2.05) is 0 Å². The van der Waals surface area contributed by atoms with Gasteiger partial charge in [0.05, 0.1) is 16.8 Å². The molecule has 0 unspecified atom stereocenters. The largest absolute Gasteiger partial charge is 0.433 e. The average molecular weight is 363 g/mol. The molecule has 10 heteroatoms. The van der Waals surface area contributed by atoms with Crippen molar-refractivity contribution in [3.8, 4) is 0 Å².